The zero-order chi connectivity index (χ0) is 21.1. The Morgan fingerprint density at radius 2 is 1.67 bits per heavy atom. The molecule has 6 rings (SSSR count). The second-order valence-corrected chi connectivity index (χ2v) is 13.0. The van der Waals surface area contributed by atoms with Crippen molar-refractivity contribution in [3.8, 4) is 0 Å². The van der Waals surface area contributed by atoms with Crippen molar-refractivity contribution < 1.29 is 13.2 Å². The number of rotatable bonds is 5. The van der Waals surface area contributed by atoms with Gasteiger partial charge in [-0.25, -0.2) is 8.42 Å². The van der Waals surface area contributed by atoms with Gasteiger partial charge in [-0.1, -0.05) is 0 Å². The Bertz CT molecular complexity index is 920. The molecule has 7 heteroatoms. The van der Waals surface area contributed by atoms with Gasteiger partial charge in [0.2, 0.25) is 10.0 Å². The molecule has 1 aromatic rings. The smallest absolute Gasteiger partial charge is 0.252 e. The fourth-order valence-corrected chi connectivity index (χ4v) is 9.02. The molecule has 1 heterocycles. The van der Waals surface area contributed by atoms with Crippen LogP contribution in [0.3, 0.4) is 0 Å². The molecule has 4 aliphatic carbocycles. The third kappa shape index (κ3) is 3.55. The van der Waals surface area contributed by atoms with Crippen molar-refractivity contribution in [3.63, 3.8) is 0 Å². The Kier molecular flexibility index (Phi) is 5.30. The van der Waals surface area contributed by atoms with E-state index in [1.807, 2.05) is 0 Å². The molecule has 5 nitrogen and oxygen atoms in total. The second-order valence-electron chi connectivity index (χ2n) is 10.2. The highest BCUT2D eigenvalue weighted by atomic mass is 79.9. The monoisotopic (exact) mass is 494 g/mol. The zero-order valence-corrected chi connectivity index (χ0v) is 20.0. The third-order valence-corrected chi connectivity index (χ3v) is 10.8. The summed E-state index contributed by atoms with van der Waals surface area (Å²) in [5.74, 6) is 2.31. The first-order chi connectivity index (χ1) is 14.3. The summed E-state index contributed by atoms with van der Waals surface area (Å²) in [4.78, 5) is 13.4. The molecule has 1 aromatic carbocycles. The van der Waals surface area contributed by atoms with Crippen LogP contribution < -0.4 is 5.32 Å². The van der Waals surface area contributed by atoms with Gasteiger partial charge in [-0.15, -0.1) is 0 Å². The summed E-state index contributed by atoms with van der Waals surface area (Å²) in [6, 6.07) is 4.92. The summed E-state index contributed by atoms with van der Waals surface area (Å²) in [6.07, 6.45) is 9.60. The van der Waals surface area contributed by atoms with E-state index in [2.05, 4.69) is 28.2 Å². The van der Waals surface area contributed by atoms with Crippen molar-refractivity contribution >= 4 is 31.9 Å². The van der Waals surface area contributed by atoms with E-state index in [1.165, 1.54) is 42.8 Å². The van der Waals surface area contributed by atoms with Crippen molar-refractivity contribution in [2.75, 3.05) is 13.1 Å². The van der Waals surface area contributed by atoms with Gasteiger partial charge in [0.25, 0.3) is 5.91 Å². The molecule has 1 atom stereocenters. The molecule has 0 unspecified atom stereocenters. The van der Waals surface area contributed by atoms with Gasteiger partial charge >= 0.3 is 0 Å². The minimum Gasteiger partial charge on any atom is -0.349 e. The topological polar surface area (TPSA) is 66.5 Å². The summed E-state index contributed by atoms with van der Waals surface area (Å²) in [5.41, 5.74) is 0.627. The van der Waals surface area contributed by atoms with E-state index in [-0.39, 0.29) is 22.3 Å². The Morgan fingerprint density at radius 3 is 2.23 bits per heavy atom. The van der Waals surface area contributed by atoms with Gasteiger partial charge in [0.1, 0.15) is 0 Å². The van der Waals surface area contributed by atoms with Crippen LogP contribution in [0.1, 0.15) is 68.6 Å². The number of nitrogens with zero attached hydrogens (tertiary/aromatic N) is 1. The number of amides is 1. The van der Waals surface area contributed by atoms with Gasteiger partial charge in [0, 0.05) is 23.6 Å². The lowest BCUT2D eigenvalue weighted by Crippen LogP contribution is -2.55. The average molecular weight is 495 g/mol. The predicted octanol–water partition coefficient (Wildman–Crippen LogP) is 4.57. The van der Waals surface area contributed by atoms with Gasteiger partial charge < -0.3 is 5.32 Å². The molecular weight excluding hydrogens is 464 g/mol. The van der Waals surface area contributed by atoms with Crippen LogP contribution in [0.4, 0.5) is 0 Å². The summed E-state index contributed by atoms with van der Waals surface area (Å²) in [7, 11) is -3.54. The Labute approximate surface area is 188 Å². The minimum atomic E-state index is -3.54. The highest BCUT2D eigenvalue weighted by Gasteiger charge is 2.53. The Hall–Kier alpha value is -0.920. The maximum Gasteiger partial charge on any atom is 0.252 e. The maximum atomic E-state index is 13.2. The number of halogens is 1. The number of nitrogens with one attached hydrogen (secondary N) is 1. The molecular formula is C23H31BrN2O3S. The average Bonchev–Trinajstić information content (AvgIpc) is 3.22. The van der Waals surface area contributed by atoms with Crippen LogP contribution in [0.25, 0.3) is 0 Å². The largest absolute Gasteiger partial charge is 0.349 e. The zero-order valence-electron chi connectivity index (χ0n) is 17.6. The van der Waals surface area contributed by atoms with Gasteiger partial charge in [0.15, 0.2) is 0 Å². The van der Waals surface area contributed by atoms with E-state index in [9.17, 15) is 13.2 Å². The van der Waals surface area contributed by atoms with Crippen molar-refractivity contribution in [1.29, 1.82) is 0 Å². The van der Waals surface area contributed by atoms with Crippen LogP contribution in [-0.2, 0) is 10.0 Å². The van der Waals surface area contributed by atoms with Crippen LogP contribution in [0, 0.1) is 23.2 Å². The number of sulfonamides is 1. The Balaban J connectivity index is 1.36. The molecule has 164 valence electrons. The lowest BCUT2D eigenvalue weighted by molar-refractivity contribution is -0.0688. The van der Waals surface area contributed by atoms with Crippen LogP contribution in [0.5, 0.6) is 0 Å². The van der Waals surface area contributed by atoms with E-state index >= 15 is 0 Å². The van der Waals surface area contributed by atoms with Crippen molar-refractivity contribution in [2.45, 2.75) is 69.2 Å². The Morgan fingerprint density at radius 1 is 1.10 bits per heavy atom. The second kappa shape index (κ2) is 7.59. The highest BCUT2D eigenvalue weighted by molar-refractivity contribution is 9.10. The number of benzene rings is 1. The van der Waals surface area contributed by atoms with Gasteiger partial charge in [-0.3, -0.25) is 4.79 Å². The third-order valence-electron chi connectivity index (χ3n) is 8.24. The van der Waals surface area contributed by atoms with E-state index in [1.54, 1.807) is 18.2 Å². The van der Waals surface area contributed by atoms with E-state index in [4.69, 9.17) is 0 Å². The standard InChI is InChI=1S/C23H31BrN2O3S/c1-15(23-12-16-8-17(13-23)10-18(9-16)14-23)25-22(27)20-11-19(4-5-21(20)24)30(28,29)26-6-2-3-7-26/h4-5,11,15-18H,2-3,6-10,12-14H2,1H3,(H,25,27)/t15-,16?,17?,18?,23?/m1/s1. The van der Waals surface area contributed by atoms with Crippen molar-refractivity contribution in [2.24, 2.45) is 23.2 Å². The molecule has 30 heavy (non-hydrogen) atoms. The quantitative estimate of drug-likeness (QED) is 0.651. The summed E-state index contributed by atoms with van der Waals surface area (Å²) in [6.45, 7) is 3.27. The molecule has 1 saturated heterocycles. The molecule has 1 N–H and O–H groups in total. The predicted molar refractivity (Wildman–Crippen MR) is 120 cm³/mol. The molecule has 5 fully saturated rings. The molecule has 1 aliphatic heterocycles. The molecule has 4 bridgehead atoms. The van der Waals surface area contributed by atoms with E-state index < -0.39 is 10.0 Å². The SMILES string of the molecule is C[C@@H](NC(=O)c1cc(S(=O)(=O)N2CCCC2)ccc1Br)C12CC3CC(CC(C3)C1)C2. The van der Waals surface area contributed by atoms with E-state index in [0.717, 1.165) is 30.6 Å². The minimum absolute atomic E-state index is 0.101. The van der Waals surface area contributed by atoms with Gasteiger partial charge in [-0.05, 0) is 116 Å². The van der Waals surface area contributed by atoms with Crippen LogP contribution in [0.15, 0.2) is 27.6 Å². The number of carbonyl (C=O) groups excluding carboxylic acids is 1. The van der Waals surface area contributed by atoms with Crippen LogP contribution >= 0.6 is 15.9 Å². The molecule has 5 aliphatic rings. The van der Waals surface area contributed by atoms with Crippen molar-refractivity contribution in [3.05, 3.63) is 28.2 Å². The first-order valence-corrected chi connectivity index (χ1v) is 13.6. The fourth-order valence-electron chi connectivity index (χ4n) is 7.05. The lowest BCUT2D eigenvalue weighted by Gasteiger charge is -2.59. The maximum absolute atomic E-state index is 13.2. The van der Waals surface area contributed by atoms with Crippen molar-refractivity contribution in [1.82, 2.24) is 9.62 Å². The molecule has 4 saturated carbocycles. The summed E-state index contributed by atoms with van der Waals surface area (Å²) >= 11 is 3.47. The first-order valence-electron chi connectivity index (χ1n) is 11.4. The first kappa shape index (κ1) is 21.0. The summed E-state index contributed by atoms with van der Waals surface area (Å²) < 4.78 is 28.1. The molecule has 0 aromatic heterocycles. The normalized spacial score (nSPS) is 34.3. The summed E-state index contributed by atoms with van der Waals surface area (Å²) in [5, 5.41) is 3.26. The van der Waals surface area contributed by atoms with E-state index in [0.29, 0.717) is 23.1 Å². The molecule has 0 radical (unpaired) electrons. The number of hydrogen-bond acceptors (Lipinski definition) is 3. The molecule has 0 spiro atoms. The van der Waals surface area contributed by atoms with Crippen LogP contribution in [-0.4, -0.2) is 37.8 Å². The van der Waals surface area contributed by atoms with Gasteiger partial charge in [0.05, 0.1) is 10.5 Å². The lowest BCUT2D eigenvalue weighted by atomic mass is 9.48. The molecule has 1 amide bonds. The van der Waals surface area contributed by atoms with Crippen LogP contribution in [0.2, 0.25) is 0 Å². The fraction of sp³-hybridized carbons (Fsp3) is 0.696. The number of hydrogen-bond donors (Lipinski definition) is 1. The number of carbonyl (C=O) groups is 1. The highest BCUT2D eigenvalue weighted by Crippen LogP contribution is 2.61. The van der Waals surface area contributed by atoms with Gasteiger partial charge in [-0.2, -0.15) is 4.31 Å².